The molecule has 5 N–H and O–H groups in total. The maximum atomic E-state index is 11.1. The second-order valence-corrected chi connectivity index (χ2v) is 8.41. The van der Waals surface area contributed by atoms with Crippen LogP contribution in [0.3, 0.4) is 0 Å². The molecule has 2 aromatic rings. The minimum Gasteiger partial charge on any atom is -0.390 e. The van der Waals surface area contributed by atoms with Gasteiger partial charge in [0, 0.05) is 12.1 Å². The van der Waals surface area contributed by atoms with Crippen LogP contribution in [0.25, 0.3) is 0 Å². The Hall–Kier alpha value is -2.27. The lowest BCUT2D eigenvalue weighted by molar-refractivity contribution is 0.0646. The van der Waals surface area contributed by atoms with Crippen molar-refractivity contribution in [3.05, 3.63) is 47.8 Å². The number of nitrogens with two attached hydrogens (primary N) is 1. The molecule has 2 aliphatic rings. The highest BCUT2D eigenvalue weighted by Crippen LogP contribution is 2.33. The Morgan fingerprint density at radius 1 is 1.14 bits per heavy atom. The number of nitrogens with zero attached hydrogens (tertiary/aromatic N) is 2. The van der Waals surface area contributed by atoms with Crippen LogP contribution in [0.5, 0.6) is 0 Å². The Morgan fingerprint density at radius 2 is 1.89 bits per heavy atom. The molecule has 150 valence electrons. The van der Waals surface area contributed by atoms with E-state index in [0.717, 1.165) is 12.8 Å². The third-order valence-electron chi connectivity index (χ3n) is 5.20. The Kier molecular flexibility index (Phi) is 5.19. The van der Waals surface area contributed by atoms with Crippen molar-refractivity contribution in [2.75, 3.05) is 10.6 Å². The van der Waals surface area contributed by atoms with E-state index < -0.39 is 22.5 Å². The monoisotopic (exact) mass is 405 g/mol. The molecule has 0 spiro atoms. The minimum atomic E-state index is -4.10. The van der Waals surface area contributed by atoms with Gasteiger partial charge in [0.25, 0.3) is 0 Å². The first kappa shape index (κ1) is 19.1. The summed E-state index contributed by atoms with van der Waals surface area (Å²) in [7, 11) is -4.10. The van der Waals surface area contributed by atoms with Crippen molar-refractivity contribution < 1.29 is 17.7 Å². The van der Waals surface area contributed by atoms with Crippen molar-refractivity contribution >= 4 is 21.9 Å². The van der Waals surface area contributed by atoms with Crippen molar-refractivity contribution in [2.45, 2.75) is 50.0 Å². The van der Waals surface area contributed by atoms with E-state index >= 15 is 0 Å². The van der Waals surface area contributed by atoms with E-state index in [1.165, 1.54) is 17.5 Å². The first-order chi connectivity index (χ1) is 13.4. The normalized spacial score (nSPS) is 26.8. The molecule has 28 heavy (non-hydrogen) atoms. The highest BCUT2D eigenvalue weighted by molar-refractivity contribution is 7.84. The van der Waals surface area contributed by atoms with Gasteiger partial charge in [0.1, 0.15) is 24.1 Å². The summed E-state index contributed by atoms with van der Waals surface area (Å²) in [5.74, 6) is 1.30. The van der Waals surface area contributed by atoms with Crippen molar-refractivity contribution in [2.24, 2.45) is 5.14 Å². The maximum absolute atomic E-state index is 11.1. The van der Waals surface area contributed by atoms with Crippen LogP contribution in [0.1, 0.15) is 36.4 Å². The minimum absolute atomic E-state index is 0.184. The zero-order chi connectivity index (χ0) is 19.7. The number of benzene rings is 1. The number of fused-ring (bicyclic) bond motifs is 1. The van der Waals surface area contributed by atoms with E-state index in [2.05, 4.69) is 38.8 Å². The van der Waals surface area contributed by atoms with Gasteiger partial charge in [-0.05, 0) is 36.8 Å². The fourth-order valence-electron chi connectivity index (χ4n) is 3.98. The van der Waals surface area contributed by atoms with Crippen LogP contribution >= 0.6 is 0 Å². The van der Waals surface area contributed by atoms with Crippen LogP contribution in [0.2, 0.25) is 0 Å². The number of anilines is 2. The number of hydrogen-bond acceptors (Lipinski definition) is 8. The standard InChI is InChI=1S/C18H23N5O4S/c19-28(25,26)27-16-8-12(7-15(16)24)22-17-9-18(21-10-20-17)23-14-6-5-11-3-1-2-4-13(11)14/h1-4,9-10,12,14-16,24H,5-8H2,(H2,19,25,26)(H2,20,21,22,23)/t12-,14-,15-,16?/m0/s1. The topological polar surface area (TPSA) is 139 Å². The lowest BCUT2D eigenvalue weighted by Crippen LogP contribution is -2.29. The van der Waals surface area contributed by atoms with Gasteiger partial charge in [0.15, 0.2) is 0 Å². The Labute approximate surface area is 163 Å². The molecular formula is C18H23N5O4S. The maximum Gasteiger partial charge on any atom is 0.333 e. The quantitative estimate of drug-likeness (QED) is 0.560. The number of hydrogen-bond donors (Lipinski definition) is 4. The second kappa shape index (κ2) is 7.63. The molecule has 1 aromatic carbocycles. The third kappa shape index (κ3) is 4.41. The summed E-state index contributed by atoms with van der Waals surface area (Å²) in [4.78, 5) is 8.52. The lowest BCUT2D eigenvalue weighted by atomic mass is 10.1. The van der Waals surface area contributed by atoms with E-state index in [9.17, 15) is 13.5 Å². The Morgan fingerprint density at radius 3 is 2.68 bits per heavy atom. The fourth-order valence-corrected chi connectivity index (χ4v) is 4.53. The average molecular weight is 405 g/mol. The molecule has 1 aromatic heterocycles. The SMILES string of the molecule is NS(=O)(=O)OC1C[C@@H](Nc2cc(N[C@H]3CCc4ccccc43)ncn2)C[C@@H]1O. The van der Waals surface area contributed by atoms with Crippen LogP contribution in [0.15, 0.2) is 36.7 Å². The van der Waals surface area contributed by atoms with Gasteiger partial charge in [-0.1, -0.05) is 24.3 Å². The summed E-state index contributed by atoms with van der Waals surface area (Å²) in [6.07, 6.45) is 2.38. The van der Waals surface area contributed by atoms with E-state index in [0.29, 0.717) is 24.5 Å². The average Bonchev–Trinajstić information content (AvgIpc) is 3.18. The van der Waals surface area contributed by atoms with Crippen molar-refractivity contribution in [3.63, 3.8) is 0 Å². The lowest BCUT2D eigenvalue weighted by Gasteiger charge is -2.17. The molecule has 2 aliphatic carbocycles. The molecule has 0 amide bonds. The Balaban J connectivity index is 1.40. The number of rotatable bonds is 6. The second-order valence-electron chi connectivity index (χ2n) is 7.23. The van der Waals surface area contributed by atoms with Crippen molar-refractivity contribution in [3.8, 4) is 0 Å². The molecule has 1 fully saturated rings. The summed E-state index contributed by atoms with van der Waals surface area (Å²) in [6.45, 7) is 0. The van der Waals surface area contributed by atoms with Crippen LogP contribution in [0, 0.1) is 0 Å². The molecule has 0 saturated heterocycles. The van der Waals surface area contributed by atoms with Gasteiger partial charge in [0.05, 0.1) is 12.1 Å². The molecule has 10 heteroatoms. The fraction of sp³-hybridized carbons (Fsp3) is 0.444. The number of aromatic nitrogens is 2. The van der Waals surface area contributed by atoms with Gasteiger partial charge >= 0.3 is 10.3 Å². The van der Waals surface area contributed by atoms with Crippen LogP contribution in [0.4, 0.5) is 11.6 Å². The molecule has 0 aliphatic heterocycles. The molecule has 4 atom stereocenters. The predicted octanol–water partition coefficient (Wildman–Crippen LogP) is 1.10. The van der Waals surface area contributed by atoms with E-state index in [4.69, 9.17) is 9.32 Å². The Bertz CT molecular complexity index is 954. The molecule has 1 unspecified atom stereocenters. The largest absolute Gasteiger partial charge is 0.390 e. The van der Waals surface area contributed by atoms with Gasteiger partial charge in [-0.2, -0.15) is 8.42 Å². The third-order valence-corrected chi connectivity index (χ3v) is 5.72. The van der Waals surface area contributed by atoms with Gasteiger partial charge in [-0.15, -0.1) is 0 Å². The molecule has 1 heterocycles. The summed E-state index contributed by atoms with van der Waals surface area (Å²) in [5, 5.41) is 21.6. The van der Waals surface area contributed by atoms with Crippen molar-refractivity contribution in [1.29, 1.82) is 0 Å². The van der Waals surface area contributed by atoms with Crippen LogP contribution in [-0.2, 0) is 20.9 Å². The number of nitrogens with one attached hydrogen (secondary N) is 2. The summed E-state index contributed by atoms with van der Waals surface area (Å²) in [5.41, 5.74) is 2.64. The zero-order valence-electron chi connectivity index (χ0n) is 15.2. The summed E-state index contributed by atoms with van der Waals surface area (Å²) < 4.78 is 26.9. The first-order valence-electron chi connectivity index (χ1n) is 9.19. The van der Waals surface area contributed by atoms with E-state index in [1.54, 1.807) is 6.07 Å². The van der Waals surface area contributed by atoms with Gasteiger partial charge in [-0.3, -0.25) is 4.18 Å². The van der Waals surface area contributed by atoms with Crippen LogP contribution < -0.4 is 15.8 Å². The number of aryl methyl sites for hydroxylation is 1. The molecule has 9 nitrogen and oxygen atoms in total. The predicted molar refractivity (Wildman–Crippen MR) is 104 cm³/mol. The smallest absolute Gasteiger partial charge is 0.333 e. The van der Waals surface area contributed by atoms with Crippen LogP contribution in [-0.4, -0.2) is 41.7 Å². The van der Waals surface area contributed by atoms with Crippen molar-refractivity contribution in [1.82, 2.24) is 9.97 Å². The zero-order valence-corrected chi connectivity index (χ0v) is 16.0. The first-order valence-corrected chi connectivity index (χ1v) is 10.7. The molecule has 4 rings (SSSR count). The molecule has 1 saturated carbocycles. The van der Waals surface area contributed by atoms with E-state index in [1.807, 2.05) is 6.07 Å². The highest BCUT2D eigenvalue weighted by Gasteiger charge is 2.36. The number of aliphatic hydroxyl groups is 1. The molecule has 0 bridgehead atoms. The number of aliphatic hydroxyl groups excluding tert-OH is 1. The molecule has 0 radical (unpaired) electrons. The van der Waals surface area contributed by atoms with Gasteiger partial charge < -0.3 is 15.7 Å². The summed E-state index contributed by atoms with van der Waals surface area (Å²) in [6, 6.07) is 10.2. The van der Waals surface area contributed by atoms with Gasteiger partial charge in [-0.25, -0.2) is 15.1 Å². The van der Waals surface area contributed by atoms with Gasteiger partial charge in [0.2, 0.25) is 0 Å². The highest BCUT2D eigenvalue weighted by atomic mass is 32.2. The summed E-state index contributed by atoms with van der Waals surface area (Å²) >= 11 is 0. The van der Waals surface area contributed by atoms with E-state index in [-0.39, 0.29) is 12.1 Å². The molecular weight excluding hydrogens is 382 g/mol.